The minimum atomic E-state index is -3.46. The zero-order valence-corrected chi connectivity index (χ0v) is 12.7. The van der Waals surface area contributed by atoms with Gasteiger partial charge in [0.05, 0.1) is 19.1 Å². The molecule has 2 rings (SSSR count). The number of esters is 1. The summed E-state index contributed by atoms with van der Waals surface area (Å²) in [6, 6.07) is 4.92. The molecule has 1 aromatic rings. The van der Waals surface area contributed by atoms with E-state index in [1.165, 1.54) is 11.4 Å². The quantitative estimate of drug-likeness (QED) is 0.732. The van der Waals surface area contributed by atoms with E-state index in [0.29, 0.717) is 23.6 Å². The predicted molar refractivity (Wildman–Crippen MR) is 76.0 cm³/mol. The van der Waals surface area contributed by atoms with Gasteiger partial charge in [0.15, 0.2) is 11.5 Å². The standard InChI is InChI=1S/C13H17NO6S/c1-18-13(15)4-3-7-14(21(2,16)17)10-5-6-11-12(8-10)20-9-19-11/h5-6,8H,3-4,7,9H2,1-2H3. The summed E-state index contributed by atoms with van der Waals surface area (Å²) in [6.07, 6.45) is 1.65. The average molecular weight is 315 g/mol. The second-order valence-electron chi connectivity index (χ2n) is 4.55. The van der Waals surface area contributed by atoms with Crippen molar-refractivity contribution in [1.29, 1.82) is 0 Å². The largest absolute Gasteiger partial charge is 0.469 e. The summed E-state index contributed by atoms with van der Waals surface area (Å²) >= 11 is 0. The number of nitrogens with zero attached hydrogens (tertiary/aromatic N) is 1. The van der Waals surface area contributed by atoms with Crippen LogP contribution >= 0.6 is 0 Å². The second kappa shape index (κ2) is 6.21. The molecule has 0 N–H and O–H groups in total. The van der Waals surface area contributed by atoms with E-state index in [4.69, 9.17) is 9.47 Å². The monoisotopic (exact) mass is 315 g/mol. The van der Waals surface area contributed by atoms with Gasteiger partial charge in [-0.25, -0.2) is 8.42 Å². The third-order valence-corrected chi connectivity index (χ3v) is 4.21. The first-order valence-electron chi connectivity index (χ1n) is 6.36. The Kier molecular flexibility index (Phi) is 4.56. The van der Waals surface area contributed by atoms with Crippen LogP contribution in [0.5, 0.6) is 11.5 Å². The zero-order chi connectivity index (χ0) is 15.5. The summed E-state index contributed by atoms with van der Waals surface area (Å²) in [5.41, 5.74) is 0.478. The molecule has 0 unspecified atom stereocenters. The van der Waals surface area contributed by atoms with Gasteiger partial charge < -0.3 is 14.2 Å². The number of anilines is 1. The molecule has 21 heavy (non-hydrogen) atoms. The fourth-order valence-electron chi connectivity index (χ4n) is 2.00. The first-order valence-corrected chi connectivity index (χ1v) is 8.21. The number of sulfonamides is 1. The number of rotatable bonds is 6. The normalized spacial score (nSPS) is 13.0. The van der Waals surface area contributed by atoms with Gasteiger partial charge in [0, 0.05) is 19.0 Å². The Labute approximate surface area is 123 Å². The lowest BCUT2D eigenvalue weighted by Gasteiger charge is -2.22. The summed E-state index contributed by atoms with van der Waals surface area (Å²) in [5.74, 6) is 0.727. The maximum absolute atomic E-state index is 11.9. The van der Waals surface area contributed by atoms with Crippen molar-refractivity contribution in [2.24, 2.45) is 0 Å². The Morgan fingerprint density at radius 2 is 2.05 bits per heavy atom. The Morgan fingerprint density at radius 3 is 2.71 bits per heavy atom. The number of carbonyl (C=O) groups is 1. The molecule has 0 atom stereocenters. The minimum Gasteiger partial charge on any atom is -0.469 e. The first kappa shape index (κ1) is 15.4. The number of methoxy groups -OCH3 is 1. The molecule has 1 aliphatic rings. The highest BCUT2D eigenvalue weighted by molar-refractivity contribution is 7.92. The van der Waals surface area contributed by atoms with Crippen LogP contribution in [0.3, 0.4) is 0 Å². The van der Waals surface area contributed by atoms with Crippen LogP contribution in [0.2, 0.25) is 0 Å². The van der Waals surface area contributed by atoms with E-state index in [1.54, 1.807) is 18.2 Å². The lowest BCUT2D eigenvalue weighted by Crippen LogP contribution is -2.31. The van der Waals surface area contributed by atoms with Crippen molar-refractivity contribution in [3.8, 4) is 11.5 Å². The van der Waals surface area contributed by atoms with Crippen LogP contribution in [0.15, 0.2) is 18.2 Å². The molecule has 8 heteroatoms. The molecule has 0 saturated heterocycles. The lowest BCUT2D eigenvalue weighted by atomic mass is 10.2. The number of hydrogen-bond donors (Lipinski definition) is 0. The molecule has 0 amide bonds. The smallest absolute Gasteiger partial charge is 0.305 e. The van der Waals surface area contributed by atoms with Crippen LogP contribution in [0.25, 0.3) is 0 Å². The second-order valence-corrected chi connectivity index (χ2v) is 6.46. The summed E-state index contributed by atoms with van der Waals surface area (Å²) in [6.45, 7) is 0.313. The summed E-state index contributed by atoms with van der Waals surface area (Å²) in [4.78, 5) is 11.1. The summed E-state index contributed by atoms with van der Waals surface area (Å²) in [7, 11) is -2.16. The van der Waals surface area contributed by atoms with Crippen LogP contribution in [-0.4, -0.2) is 41.1 Å². The highest BCUT2D eigenvalue weighted by Gasteiger charge is 2.21. The molecule has 0 bridgehead atoms. The molecule has 0 aliphatic carbocycles. The third-order valence-electron chi connectivity index (χ3n) is 3.01. The average Bonchev–Trinajstić information content (AvgIpc) is 2.89. The van der Waals surface area contributed by atoms with Crippen molar-refractivity contribution < 1.29 is 27.4 Å². The van der Waals surface area contributed by atoms with E-state index in [9.17, 15) is 13.2 Å². The van der Waals surface area contributed by atoms with Crippen molar-refractivity contribution in [3.63, 3.8) is 0 Å². The van der Waals surface area contributed by atoms with Crippen molar-refractivity contribution in [2.75, 3.05) is 31.0 Å². The first-order chi connectivity index (χ1) is 9.91. The van der Waals surface area contributed by atoms with Crippen molar-refractivity contribution >= 4 is 21.7 Å². The number of hydrogen-bond acceptors (Lipinski definition) is 6. The zero-order valence-electron chi connectivity index (χ0n) is 11.9. The van der Waals surface area contributed by atoms with Gasteiger partial charge in [-0.1, -0.05) is 0 Å². The van der Waals surface area contributed by atoms with E-state index >= 15 is 0 Å². The fourth-order valence-corrected chi connectivity index (χ4v) is 2.95. The molecule has 0 saturated carbocycles. The van der Waals surface area contributed by atoms with Gasteiger partial charge in [0.25, 0.3) is 0 Å². The van der Waals surface area contributed by atoms with E-state index in [0.717, 1.165) is 6.26 Å². The predicted octanol–water partition coefficient (Wildman–Crippen LogP) is 1.13. The highest BCUT2D eigenvalue weighted by atomic mass is 32.2. The van der Waals surface area contributed by atoms with Gasteiger partial charge >= 0.3 is 5.97 Å². The van der Waals surface area contributed by atoms with Crippen LogP contribution in [-0.2, 0) is 19.6 Å². The Morgan fingerprint density at radius 1 is 1.33 bits per heavy atom. The molecule has 0 spiro atoms. The Hall–Kier alpha value is -1.96. The molecular weight excluding hydrogens is 298 g/mol. The molecule has 1 heterocycles. The molecule has 1 aliphatic heterocycles. The number of benzene rings is 1. The minimum absolute atomic E-state index is 0.125. The highest BCUT2D eigenvalue weighted by Crippen LogP contribution is 2.36. The van der Waals surface area contributed by atoms with Gasteiger partial charge in [-0.05, 0) is 18.6 Å². The van der Waals surface area contributed by atoms with E-state index in [1.807, 2.05) is 0 Å². The van der Waals surface area contributed by atoms with Crippen LogP contribution in [0, 0.1) is 0 Å². The maximum atomic E-state index is 11.9. The van der Waals surface area contributed by atoms with Gasteiger partial charge in [-0.3, -0.25) is 9.10 Å². The van der Waals surface area contributed by atoms with Gasteiger partial charge in [0.2, 0.25) is 16.8 Å². The van der Waals surface area contributed by atoms with E-state index in [2.05, 4.69) is 4.74 Å². The molecular formula is C13H17NO6S. The number of carbonyl (C=O) groups excluding carboxylic acids is 1. The molecule has 1 aromatic carbocycles. The third kappa shape index (κ3) is 3.78. The lowest BCUT2D eigenvalue weighted by molar-refractivity contribution is -0.140. The van der Waals surface area contributed by atoms with Crippen LogP contribution in [0.4, 0.5) is 5.69 Å². The molecule has 0 radical (unpaired) electrons. The topological polar surface area (TPSA) is 82.1 Å². The molecule has 0 aromatic heterocycles. The molecule has 7 nitrogen and oxygen atoms in total. The summed E-state index contributed by atoms with van der Waals surface area (Å²) in [5, 5.41) is 0. The van der Waals surface area contributed by atoms with E-state index < -0.39 is 10.0 Å². The summed E-state index contributed by atoms with van der Waals surface area (Å²) < 4.78 is 40.0. The van der Waals surface area contributed by atoms with Crippen molar-refractivity contribution in [2.45, 2.75) is 12.8 Å². The van der Waals surface area contributed by atoms with Crippen molar-refractivity contribution in [1.82, 2.24) is 0 Å². The van der Waals surface area contributed by atoms with Gasteiger partial charge in [-0.15, -0.1) is 0 Å². The number of fused-ring (bicyclic) bond motifs is 1. The maximum Gasteiger partial charge on any atom is 0.305 e. The van der Waals surface area contributed by atoms with Crippen molar-refractivity contribution in [3.05, 3.63) is 18.2 Å². The molecule has 116 valence electrons. The Bertz CT molecular complexity index is 628. The van der Waals surface area contributed by atoms with Crippen LogP contribution < -0.4 is 13.8 Å². The molecule has 0 fully saturated rings. The van der Waals surface area contributed by atoms with E-state index in [-0.39, 0.29) is 25.7 Å². The van der Waals surface area contributed by atoms with Crippen LogP contribution in [0.1, 0.15) is 12.8 Å². The number of ether oxygens (including phenoxy) is 3. The fraction of sp³-hybridized carbons (Fsp3) is 0.462. The Balaban J connectivity index is 2.15. The van der Waals surface area contributed by atoms with Gasteiger partial charge in [0.1, 0.15) is 0 Å². The SMILES string of the molecule is COC(=O)CCCN(c1ccc2c(c1)OCO2)S(C)(=O)=O. The van der Waals surface area contributed by atoms with Gasteiger partial charge in [-0.2, -0.15) is 0 Å².